The number of thiazole rings is 1. The van der Waals surface area contributed by atoms with E-state index in [0.29, 0.717) is 19.5 Å². The molecule has 0 saturated carbocycles. The standard InChI is InChI=1S/C19H23N5O2S/c1-14-13-27-19(26)24(14)10-7-17(25)22-8-4-9-23(12-11-22)18-20-15-5-2-3-6-16(15)21-18/h2-3,5-6,13H,4,7-12H2,1H3,(H,20,21). The van der Waals surface area contributed by atoms with E-state index in [1.54, 1.807) is 4.57 Å². The van der Waals surface area contributed by atoms with Crippen LogP contribution in [0.25, 0.3) is 11.0 Å². The number of para-hydroxylation sites is 2. The molecule has 1 aliphatic rings. The number of benzene rings is 1. The lowest BCUT2D eigenvalue weighted by Gasteiger charge is -2.22. The summed E-state index contributed by atoms with van der Waals surface area (Å²) in [7, 11) is 0. The van der Waals surface area contributed by atoms with Gasteiger partial charge in [-0.2, -0.15) is 0 Å². The SMILES string of the molecule is Cc1csc(=O)n1CCC(=O)N1CCCN(c2nc3ccccc3[nH]2)CC1. The Bertz CT molecular complexity index is 972. The van der Waals surface area contributed by atoms with Crippen molar-refractivity contribution in [2.24, 2.45) is 0 Å². The summed E-state index contributed by atoms with van der Waals surface area (Å²) >= 11 is 1.19. The Labute approximate surface area is 161 Å². The zero-order valence-electron chi connectivity index (χ0n) is 15.4. The van der Waals surface area contributed by atoms with Gasteiger partial charge in [0.25, 0.3) is 0 Å². The minimum atomic E-state index is 0.00669. The highest BCUT2D eigenvalue weighted by Gasteiger charge is 2.21. The number of carbonyl (C=O) groups excluding carboxylic acids is 1. The number of imidazole rings is 1. The molecule has 0 spiro atoms. The van der Waals surface area contributed by atoms with Crippen molar-refractivity contribution in [1.29, 1.82) is 0 Å². The summed E-state index contributed by atoms with van der Waals surface area (Å²) in [4.78, 5) is 36.6. The summed E-state index contributed by atoms with van der Waals surface area (Å²) in [6.45, 7) is 5.40. The van der Waals surface area contributed by atoms with Gasteiger partial charge in [0.15, 0.2) is 0 Å². The molecule has 1 saturated heterocycles. The number of rotatable bonds is 4. The van der Waals surface area contributed by atoms with Gasteiger partial charge in [0, 0.05) is 50.2 Å². The van der Waals surface area contributed by atoms with E-state index in [0.717, 1.165) is 48.7 Å². The van der Waals surface area contributed by atoms with Gasteiger partial charge in [-0.05, 0) is 25.5 Å². The lowest BCUT2D eigenvalue weighted by Crippen LogP contribution is -2.36. The number of nitrogens with one attached hydrogen (secondary N) is 1. The molecule has 27 heavy (non-hydrogen) atoms. The maximum absolute atomic E-state index is 12.6. The molecule has 4 rings (SSSR count). The minimum Gasteiger partial charge on any atom is -0.341 e. The molecule has 0 unspecified atom stereocenters. The lowest BCUT2D eigenvalue weighted by molar-refractivity contribution is -0.131. The first-order valence-electron chi connectivity index (χ1n) is 9.24. The Hall–Kier alpha value is -2.61. The summed E-state index contributed by atoms with van der Waals surface area (Å²) in [6, 6.07) is 8.00. The number of nitrogens with zero attached hydrogens (tertiary/aromatic N) is 4. The highest BCUT2D eigenvalue weighted by molar-refractivity contribution is 7.07. The Morgan fingerprint density at radius 2 is 2.07 bits per heavy atom. The Balaban J connectivity index is 1.37. The van der Waals surface area contributed by atoms with Gasteiger partial charge in [0.2, 0.25) is 11.9 Å². The Morgan fingerprint density at radius 1 is 1.22 bits per heavy atom. The molecule has 1 aromatic carbocycles. The largest absolute Gasteiger partial charge is 0.341 e. The molecule has 0 radical (unpaired) electrons. The average Bonchev–Trinajstić information content (AvgIpc) is 3.13. The molecule has 1 aliphatic heterocycles. The van der Waals surface area contributed by atoms with Crippen LogP contribution in [0, 0.1) is 6.92 Å². The molecule has 2 aromatic heterocycles. The zero-order valence-corrected chi connectivity index (χ0v) is 16.2. The van der Waals surface area contributed by atoms with Crippen molar-refractivity contribution in [3.8, 4) is 0 Å². The summed E-state index contributed by atoms with van der Waals surface area (Å²) in [5.41, 5.74) is 2.91. The van der Waals surface area contributed by atoms with E-state index in [9.17, 15) is 9.59 Å². The third-order valence-electron chi connectivity index (χ3n) is 5.05. The number of fused-ring (bicyclic) bond motifs is 1. The van der Waals surface area contributed by atoms with Gasteiger partial charge in [-0.25, -0.2) is 4.98 Å². The number of carbonyl (C=O) groups is 1. The van der Waals surface area contributed by atoms with Crippen LogP contribution in [-0.2, 0) is 11.3 Å². The second kappa shape index (κ2) is 7.56. The van der Waals surface area contributed by atoms with E-state index < -0.39 is 0 Å². The molecule has 142 valence electrons. The normalized spacial score (nSPS) is 15.3. The highest BCUT2D eigenvalue weighted by Crippen LogP contribution is 2.18. The van der Waals surface area contributed by atoms with Gasteiger partial charge >= 0.3 is 4.87 Å². The third-order valence-corrected chi connectivity index (χ3v) is 5.93. The van der Waals surface area contributed by atoms with Crippen LogP contribution >= 0.6 is 11.3 Å². The van der Waals surface area contributed by atoms with Crippen molar-refractivity contribution in [1.82, 2.24) is 19.4 Å². The summed E-state index contributed by atoms with van der Waals surface area (Å²) in [5.74, 6) is 0.977. The molecule has 7 nitrogen and oxygen atoms in total. The zero-order chi connectivity index (χ0) is 18.8. The molecule has 1 fully saturated rings. The molecule has 1 N–H and O–H groups in total. The number of hydrogen-bond acceptors (Lipinski definition) is 5. The van der Waals surface area contributed by atoms with E-state index in [1.807, 2.05) is 41.5 Å². The van der Waals surface area contributed by atoms with Crippen LogP contribution in [0.15, 0.2) is 34.4 Å². The number of hydrogen-bond donors (Lipinski definition) is 1. The molecule has 8 heteroatoms. The van der Waals surface area contributed by atoms with Crippen LogP contribution in [0.5, 0.6) is 0 Å². The van der Waals surface area contributed by atoms with Gasteiger partial charge in [-0.1, -0.05) is 23.5 Å². The fourth-order valence-electron chi connectivity index (χ4n) is 3.51. The van der Waals surface area contributed by atoms with Crippen LogP contribution in [-0.4, -0.2) is 51.5 Å². The fourth-order valence-corrected chi connectivity index (χ4v) is 4.27. The molecule has 1 amide bonds. The second-order valence-electron chi connectivity index (χ2n) is 6.84. The van der Waals surface area contributed by atoms with Gasteiger partial charge in [0.05, 0.1) is 11.0 Å². The van der Waals surface area contributed by atoms with Crippen LogP contribution in [0.4, 0.5) is 5.95 Å². The van der Waals surface area contributed by atoms with Gasteiger partial charge in [-0.3, -0.25) is 9.59 Å². The number of H-pyrrole nitrogens is 1. The van der Waals surface area contributed by atoms with Crippen LogP contribution in [0.3, 0.4) is 0 Å². The summed E-state index contributed by atoms with van der Waals surface area (Å²) in [6.07, 6.45) is 1.27. The topological polar surface area (TPSA) is 74.2 Å². The van der Waals surface area contributed by atoms with Crippen LogP contribution < -0.4 is 9.77 Å². The Morgan fingerprint density at radius 3 is 2.85 bits per heavy atom. The van der Waals surface area contributed by atoms with Crippen molar-refractivity contribution >= 4 is 34.2 Å². The van der Waals surface area contributed by atoms with E-state index in [-0.39, 0.29) is 10.8 Å². The number of aromatic amines is 1. The molecule has 0 atom stereocenters. The molecule has 0 bridgehead atoms. The van der Waals surface area contributed by atoms with Gasteiger partial charge < -0.3 is 19.4 Å². The second-order valence-corrected chi connectivity index (χ2v) is 7.66. The van der Waals surface area contributed by atoms with Crippen molar-refractivity contribution in [3.05, 3.63) is 45.0 Å². The predicted molar refractivity (Wildman–Crippen MR) is 107 cm³/mol. The fraction of sp³-hybridized carbons (Fsp3) is 0.421. The number of amides is 1. The van der Waals surface area contributed by atoms with Crippen molar-refractivity contribution < 1.29 is 4.79 Å². The number of aryl methyl sites for hydroxylation is 1. The third kappa shape index (κ3) is 3.75. The monoisotopic (exact) mass is 385 g/mol. The first kappa shape index (κ1) is 17.8. The average molecular weight is 385 g/mol. The molecular formula is C19H23N5O2S. The summed E-state index contributed by atoms with van der Waals surface area (Å²) in [5, 5.41) is 1.84. The van der Waals surface area contributed by atoms with Crippen molar-refractivity contribution in [2.75, 3.05) is 31.1 Å². The predicted octanol–water partition coefficient (Wildman–Crippen LogP) is 2.22. The maximum Gasteiger partial charge on any atom is 0.307 e. The quantitative estimate of drug-likeness (QED) is 0.747. The van der Waals surface area contributed by atoms with Crippen molar-refractivity contribution in [2.45, 2.75) is 26.3 Å². The molecule has 3 aromatic rings. The smallest absolute Gasteiger partial charge is 0.307 e. The number of anilines is 1. The van der Waals surface area contributed by atoms with E-state index in [4.69, 9.17) is 0 Å². The number of aromatic nitrogens is 3. The molecular weight excluding hydrogens is 362 g/mol. The first-order valence-corrected chi connectivity index (χ1v) is 10.1. The van der Waals surface area contributed by atoms with E-state index >= 15 is 0 Å². The minimum absolute atomic E-state index is 0.00669. The lowest BCUT2D eigenvalue weighted by atomic mass is 10.3. The van der Waals surface area contributed by atoms with Crippen LogP contribution in [0.1, 0.15) is 18.5 Å². The van der Waals surface area contributed by atoms with Gasteiger partial charge in [-0.15, -0.1) is 0 Å². The van der Waals surface area contributed by atoms with Crippen LogP contribution in [0.2, 0.25) is 0 Å². The van der Waals surface area contributed by atoms with E-state index in [1.165, 1.54) is 11.3 Å². The Kier molecular flexibility index (Phi) is 4.98. The van der Waals surface area contributed by atoms with Gasteiger partial charge in [0.1, 0.15) is 0 Å². The highest BCUT2D eigenvalue weighted by atomic mass is 32.1. The molecule has 0 aliphatic carbocycles. The molecule has 3 heterocycles. The first-order chi connectivity index (χ1) is 13.1. The van der Waals surface area contributed by atoms with Crippen molar-refractivity contribution in [3.63, 3.8) is 0 Å². The summed E-state index contributed by atoms with van der Waals surface area (Å²) < 4.78 is 1.68. The van der Waals surface area contributed by atoms with E-state index in [2.05, 4.69) is 14.9 Å². The maximum atomic E-state index is 12.6.